The Kier molecular flexibility index (Phi) is 1.70. The van der Waals surface area contributed by atoms with Gasteiger partial charge in [-0.3, -0.25) is 5.32 Å². The van der Waals surface area contributed by atoms with Crippen LogP contribution >= 0.6 is 0 Å². The Balaban J connectivity index is 1.66. The van der Waals surface area contributed by atoms with Crippen molar-refractivity contribution >= 4 is 0 Å². The third-order valence-corrected chi connectivity index (χ3v) is 3.97. The van der Waals surface area contributed by atoms with Crippen LogP contribution in [0.25, 0.3) is 0 Å². The summed E-state index contributed by atoms with van der Waals surface area (Å²) in [7, 11) is 0. The molecular formula is C10H18N2O. The monoisotopic (exact) mass is 182 g/mol. The van der Waals surface area contributed by atoms with Crippen molar-refractivity contribution in [3.05, 3.63) is 0 Å². The Bertz CT molecular complexity index is 195. The van der Waals surface area contributed by atoms with Gasteiger partial charge in [0.25, 0.3) is 0 Å². The van der Waals surface area contributed by atoms with Crippen LogP contribution in [0.15, 0.2) is 0 Å². The molecule has 1 atom stereocenters. The summed E-state index contributed by atoms with van der Waals surface area (Å²) in [6.07, 6.45) is 5.26. The van der Waals surface area contributed by atoms with Gasteiger partial charge in [0.05, 0.1) is 6.61 Å². The highest BCUT2D eigenvalue weighted by atomic mass is 16.5. The maximum Gasteiger partial charge on any atom is 0.133 e. The molecule has 2 spiro atoms. The van der Waals surface area contributed by atoms with E-state index in [1.807, 2.05) is 0 Å². The van der Waals surface area contributed by atoms with Crippen LogP contribution in [0.4, 0.5) is 0 Å². The lowest BCUT2D eigenvalue weighted by Crippen LogP contribution is -2.61. The van der Waals surface area contributed by atoms with E-state index < -0.39 is 0 Å². The molecule has 74 valence electrons. The van der Waals surface area contributed by atoms with Gasteiger partial charge in [-0.1, -0.05) is 6.42 Å². The molecule has 3 aliphatic rings. The van der Waals surface area contributed by atoms with E-state index >= 15 is 0 Å². The highest BCUT2D eigenvalue weighted by molar-refractivity contribution is 4.99. The summed E-state index contributed by atoms with van der Waals surface area (Å²) in [4.78, 5) is 0. The van der Waals surface area contributed by atoms with Crippen molar-refractivity contribution in [2.24, 2.45) is 5.41 Å². The second-order valence-electron chi connectivity index (χ2n) is 4.92. The summed E-state index contributed by atoms with van der Waals surface area (Å²) in [6, 6.07) is 0. The van der Waals surface area contributed by atoms with E-state index in [1.165, 1.54) is 25.8 Å². The van der Waals surface area contributed by atoms with E-state index in [1.54, 1.807) is 0 Å². The lowest BCUT2D eigenvalue weighted by atomic mass is 9.68. The zero-order chi connectivity index (χ0) is 8.78. The molecule has 2 heterocycles. The first kappa shape index (κ1) is 8.21. The van der Waals surface area contributed by atoms with Crippen molar-refractivity contribution in [1.82, 2.24) is 10.6 Å². The minimum atomic E-state index is 0.000833. The predicted octanol–water partition coefficient (Wildman–Crippen LogP) is 0.466. The van der Waals surface area contributed by atoms with Gasteiger partial charge in [-0.25, -0.2) is 0 Å². The molecule has 0 bridgehead atoms. The van der Waals surface area contributed by atoms with Crippen molar-refractivity contribution in [2.75, 3.05) is 26.2 Å². The van der Waals surface area contributed by atoms with E-state index in [2.05, 4.69) is 10.6 Å². The minimum absolute atomic E-state index is 0.000833. The molecule has 13 heavy (non-hydrogen) atoms. The van der Waals surface area contributed by atoms with E-state index in [9.17, 15) is 0 Å². The van der Waals surface area contributed by atoms with E-state index in [0.29, 0.717) is 5.41 Å². The number of hydrogen-bond acceptors (Lipinski definition) is 3. The molecule has 2 N–H and O–H groups in total. The molecule has 3 heteroatoms. The van der Waals surface area contributed by atoms with Gasteiger partial charge in [0.1, 0.15) is 5.72 Å². The van der Waals surface area contributed by atoms with Crippen LogP contribution in [-0.2, 0) is 4.74 Å². The summed E-state index contributed by atoms with van der Waals surface area (Å²) in [6.45, 7) is 4.25. The first-order chi connectivity index (χ1) is 6.33. The van der Waals surface area contributed by atoms with Gasteiger partial charge in [-0.15, -0.1) is 0 Å². The lowest BCUT2D eigenvalue weighted by Gasteiger charge is -2.50. The van der Waals surface area contributed by atoms with Crippen LogP contribution in [-0.4, -0.2) is 32.0 Å². The van der Waals surface area contributed by atoms with Gasteiger partial charge in [0.15, 0.2) is 0 Å². The maximum absolute atomic E-state index is 6.01. The van der Waals surface area contributed by atoms with Crippen LogP contribution in [0.1, 0.15) is 25.7 Å². The van der Waals surface area contributed by atoms with Crippen LogP contribution in [0.2, 0.25) is 0 Å². The number of hydrogen-bond donors (Lipinski definition) is 2. The first-order valence-electron chi connectivity index (χ1n) is 5.42. The third-order valence-electron chi connectivity index (χ3n) is 3.97. The highest BCUT2D eigenvalue weighted by Crippen LogP contribution is 2.44. The second-order valence-corrected chi connectivity index (χ2v) is 4.92. The smallest absolute Gasteiger partial charge is 0.133 e. The van der Waals surface area contributed by atoms with E-state index in [-0.39, 0.29) is 5.72 Å². The van der Waals surface area contributed by atoms with Gasteiger partial charge in [-0.2, -0.15) is 0 Å². The normalized spacial score (nSPS) is 42.5. The Morgan fingerprint density at radius 3 is 2.46 bits per heavy atom. The van der Waals surface area contributed by atoms with Gasteiger partial charge < -0.3 is 10.1 Å². The molecule has 0 aromatic heterocycles. The maximum atomic E-state index is 6.01. The number of ether oxygens (including phenoxy) is 1. The molecule has 0 aromatic carbocycles. The Labute approximate surface area is 79.2 Å². The summed E-state index contributed by atoms with van der Waals surface area (Å²) in [5, 5.41) is 6.96. The van der Waals surface area contributed by atoms with Crippen LogP contribution in [0.3, 0.4) is 0 Å². The van der Waals surface area contributed by atoms with Crippen LogP contribution < -0.4 is 10.6 Å². The Morgan fingerprint density at radius 1 is 1.08 bits per heavy atom. The van der Waals surface area contributed by atoms with Crippen LogP contribution in [0, 0.1) is 5.41 Å². The quantitative estimate of drug-likeness (QED) is 0.571. The molecule has 2 aliphatic heterocycles. The fourth-order valence-electron chi connectivity index (χ4n) is 2.68. The van der Waals surface area contributed by atoms with Crippen molar-refractivity contribution in [3.63, 3.8) is 0 Å². The number of rotatable bonds is 0. The summed E-state index contributed by atoms with van der Waals surface area (Å²) >= 11 is 0. The molecule has 3 rings (SSSR count). The predicted molar refractivity (Wildman–Crippen MR) is 50.5 cm³/mol. The average Bonchev–Trinajstić information content (AvgIpc) is 2.53. The van der Waals surface area contributed by atoms with E-state index in [4.69, 9.17) is 4.74 Å². The summed E-state index contributed by atoms with van der Waals surface area (Å²) < 4.78 is 6.01. The second kappa shape index (κ2) is 2.69. The van der Waals surface area contributed by atoms with E-state index in [0.717, 1.165) is 26.1 Å². The van der Waals surface area contributed by atoms with Gasteiger partial charge in [-0.05, 0) is 19.4 Å². The molecule has 3 fully saturated rings. The molecule has 0 amide bonds. The Hall–Kier alpha value is -0.120. The average molecular weight is 182 g/mol. The topological polar surface area (TPSA) is 33.3 Å². The van der Waals surface area contributed by atoms with Gasteiger partial charge in [0, 0.05) is 24.9 Å². The zero-order valence-corrected chi connectivity index (χ0v) is 8.07. The van der Waals surface area contributed by atoms with Crippen molar-refractivity contribution in [1.29, 1.82) is 0 Å². The SMILES string of the molecule is C1CC2(C1)CNC1(CCNC1)OC2. The molecular weight excluding hydrogens is 164 g/mol. The minimum Gasteiger partial charge on any atom is -0.359 e. The molecule has 1 saturated carbocycles. The lowest BCUT2D eigenvalue weighted by molar-refractivity contribution is -0.155. The van der Waals surface area contributed by atoms with Crippen molar-refractivity contribution in [2.45, 2.75) is 31.4 Å². The van der Waals surface area contributed by atoms with Gasteiger partial charge >= 0.3 is 0 Å². The van der Waals surface area contributed by atoms with Crippen LogP contribution in [0.5, 0.6) is 0 Å². The number of nitrogens with one attached hydrogen (secondary N) is 2. The molecule has 1 unspecified atom stereocenters. The van der Waals surface area contributed by atoms with Gasteiger partial charge in [0.2, 0.25) is 0 Å². The highest BCUT2D eigenvalue weighted by Gasteiger charge is 2.47. The fraction of sp³-hybridized carbons (Fsp3) is 1.00. The largest absolute Gasteiger partial charge is 0.359 e. The fourth-order valence-corrected chi connectivity index (χ4v) is 2.68. The van der Waals surface area contributed by atoms with Crippen molar-refractivity contribution in [3.8, 4) is 0 Å². The molecule has 2 saturated heterocycles. The summed E-state index contributed by atoms with van der Waals surface area (Å²) in [5.74, 6) is 0. The molecule has 3 nitrogen and oxygen atoms in total. The molecule has 1 aliphatic carbocycles. The van der Waals surface area contributed by atoms with Crippen molar-refractivity contribution < 1.29 is 4.74 Å². The molecule has 0 radical (unpaired) electrons. The Morgan fingerprint density at radius 2 is 2.00 bits per heavy atom. The third kappa shape index (κ3) is 1.22. The zero-order valence-electron chi connectivity index (χ0n) is 8.07. The standard InChI is InChI=1S/C10H18N2O/c1-2-9(3-1)6-12-10(13-8-9)4-5-11-7-10/h11-12H,1-8H2. The summed E-state index contributed by atoms with van der Waals surface area (Å²) in [5.41, 5.74) is 0.523. The first-order valence-corrected chi connectivity index (χ1v) is 5.42. The molecule has 0 aromatic rings.